The summed E-state index contributed by atoms with van der Waals surface area (Å²) in [4.78, 5) is 27.8. The molecule has 3 rings (SSSR count). The van der Waals surface area contributed by atoms with E-state index >= 15 is 0 Å². The topological polar surface area (TPSA) is 141 Å². The lowest BCUT2D eigenvalue weighted by Crippen LogP contribution is -2.46. The molecular weight excluding hydrogens is 444 g/mol. The summed E-state index contributed by atoms with van der Waals surface area (Å²) in [5.41, 5.74) is 10.6. The summed E-state index contributed by atoms with van der Waals surface area (Å²) in [6.07, 6.45) is 1.65. The van der Waals surface area contributed by atoms with Crippen molar-refractivity contribution < 1.29 is 14.8 Å². The third-order valence-corrected chi connectivity index (χ3v) is 4.86. The molecule has 178 valence electrons. The largest absolute Gasteiger partial charge is 0.373 e. The van der Waals surface area contributed by atoms with Crippen molar-refractivity contribution in [3.63, 3.8) is 0 Å². The van der Waals surface area contributed by atoms with Gasteiger partial charge in [0.05, 0.1) is 6.54 Å². The van der Waals surface area contributed by atoms with E-state index in [1.807, 2.05) is 48.5 Å². The molecule has 0 radical (unpaired) electrons. The van der Waals surface area contributed by atoms with E-state index in [9.17, 15) is 9.59 Å². The molecule has 0 fully saturated rings. The number of nitrogens with zero attached hydrogens (tertiary/aromatic N) is 1. The number of amides is 2. The van der Waals surface area contributed by atoms with Crippen LogP contribution in [0, 0.1) is 11.8 Å². The van der Waals surface area contributed by atoms with Crippen molar-refractivity contribution in [1.82, 2.24) is 15.8 Å². The maximum atomic E-state index is 12.1. The monoisotopic (exact) mass is 470 g/mol. The summed E-state index contributed by atoms with van der Waals surface area (Å²) in [7, 11) is 0. The van der Waals surface area contributed by atoms with Gasteiger partial charge in [-0.15, -0.1) is 0 Å². The number of nitrogens with two attached hydrogens (primary N) is 1. The first kappa shape index (κ1) is 25.0. The minimum Gasteiger partial charge on any atom is -0.373 e. The number of rotatable bonds is 9. The number of carbonyl (C=O) groups is 2. The van der Waals surface area contributed by atoms with Gasteiger partial charge in [0, 0.05) is 35.3 Å². The second-order valence-electron chi connectivity index (χ2n) is 7.41. The van der Waals surface area contributed by atoms with Crippen LogP contribution in [0.25, 0.3) is 5.70 Å². The maximum absolute atomic E-state index is 12.1. The first-order valence-corrected chi connectivity index (χ1v) is 10.7. The molecule has 0 aliphatic carbocycles. The molecular formula is C26H26N6O3. The maximum Gasteiger partial charge on any atom is 0.267 e. The van der Waals surface area contributed by atoms with Gasteiger partial charge in [-0.2, -0.15) is 0 Å². The van der Waals surface area contributed by atoms with Gasteiger partial charge in [-0.3, -0.25) is 14.8 Å². The summed E-state index contributed by atoms with van der Waals surface area (Å²) < 4.78 is 0. The third kappa shape index (κ3) is 7.71. The highest BCUT2D eigenvalue weighted by molar-refractivity contribution is 5.93. The van der Waals surface area contributed by atoms with Gasteiger partial charge in [0.2, 0.25) is 5.91 Å². The molecule has 35 heavy (non-hydrogen) atoms. The van der Waals surface area contributed by atoms with E-state index in [0.717, 1.165) is 16.7 Å². The lowest BCUT2D eigenvalue weighted by atomic mass is 10.1. The standard InChI is InChI=1S/C26H26N6O3/c1-18(30-23(16-27)26(34)32-35)21-11-7-19(8-12-21)5-6-20-9-13-22(14-10-20)31-25(33)17-29-24-4-2-3-15-28-24/h2-4,7-15,23,30,35H,1,16-17,27H2,(H,28,29)(H,31,33)(H,32,34). The Morgan fingerprint density at radius 3 is 2.23 bits per heavy atom. The summed E-state index contributed by atoms with van der Waals surface area (Å²) in [5.74, 6) is 5.98. The molecule has 0 bridgehead atoms. The van der Waals surface area contributed by atoms with Gasteiger partial charge in [0.25, 0.3) is 5.91 Å². The predicted octanol–water partition coefficient (Wildman–Crippen LogP) is 1.93. The Morgan fingerprint density at radius 1 is 1.00 bits per heavy atom. The van der Waals surface area contributed by atoms with Crippen molar-refractivity contribution in [3.8, 4) is 11.8 Å². The van der Waals surface area contributed by atoms with Crippen molar-refractivity contribution in [2.24, 2.45) is 5.73 Å². The highest BCUT2D eigenvalue weighted by atomic mass is 16.5. The first-order chi connectivity index (χ1) is 17.0. The highest BCUT2D eigenvalue weighted by Crippen LogP contribution is 2.13. The Kier molecular flexibility index (Phi) is 8.96. The highest BCUT2D eigenvalue weighted by Gasteiger charge is 2.16. The van der Waals surface area contributed by atoms with E-state index in [0.29, 0.717) is 17.2 Å². The zero-order chi connectivity index (χ0) is 25.0. The van der Waals surface area contributed by atoms with E-state index in [1.165, 1.54) is 0 Å². The van der Waals surface area contributed by atoms with Crippen molar-refractivity contribution in [3.05, 3.63) is 96.2 Å². The fourth-order valence-corrected chi connectivity index (χ4v) is 2.98. The number of hydroxylamine groups is 1. The molecule has 1 aromatic heterocycles. The van der Waals surface area contributed by atoms with Gasteiger partial charge >= 0.3 is 0 Å². The number of carbonyl (C=O) groups excluding carboxylic acids is 2. The van der Waals surface area contributed by atoms with Gasteiger partial charge in [-0.1, -0.05) is 36.6 Å². The summed E-state index contributed by atoms with van der Waals surface area (Å²) in [6.45, 7) is 4.02. The van der Waals surface area contributed by atoms with Gasteiger partial charge in [0.1, 0.15) is 11.9 Å². The molecule has 0 aliphatic rings. The van der Waals surface area contributed by atoms with Crippen LogP contribution in [0.1, 0.15) is 16.7 Å². The second kappa shape index (κ2) is 12.6. The Hall–Kier alpha value is -4.65. The molecule has 9 nitrogen and oxygen atoms in total. The predicted molar refractivity (Wildman–Crippen MR) is 135 cm³/mol. The van der Waals surface area contributed by atoms with Crippen LogP contribution in [0.3, 0.4) is 0 Å². The lowest BCUT2D eigenvalue weighted by molar-refractivity contribution is -0.130. The third-order valence-electron chi connectivity index (χ3n) is 4.86. The number of hydrogen-bond acceptors (Lipinski definition) is 7. The zero-order valence-corrected chi connectivity index (χ0v) is 18.9. The van der Waals surface area contributed by atoms with Gasteiger partial charge in [-0.05, 0) is 54.1 Å². The Morgan fingerprint density at radius 2 is 1.66 bits per heavy atom. The van der Waals surface area contributed by atoms with Crippen LogP contribution in [0.15, 0.2) is 79.5 Å². The lowest BCUT2D eigenvalue weighted by Gasteiger charge is -2.17. The molecule has 7 N–H and O–H groups in total. The average Bonchev–Trinajstić information content (AvgIpc) is 2.90. The quantitative estimate of drug-likeness (QED) is 0.159. The number of benzene rings is 2. The van der Waals surface area contributed by atoms with E-state index < -0.39 is 11.9 Å². The summed E-state index contributed by atoms with van der Waals surface area (Å²) in [5, 5.41) is 17.4. The van der Waals surface area contributed by atoms with E-state index in [-0.39, 0.29) is 19.0 Å². The zero-order valence-electron chi connectivity index (χ0n) is 18.9. The number of hydrogen-bond donors (Lipinski definition) is 6. The molecule has 2 amide bonds. The van der Waals surface area contributed by atoms with E-state index in [1.54, 1.807) is 29.9 Å². The van der Waals surface area contributed by atoms with Crippen LogP contribution in [0.5, 0.6) is 0 Å². The molecule has 1 atom stereocenters. The molecule has 9 heteroatoms. The van der Waals surface area contributed by atoms with Crippen LogP contribution >= 0.6 is 0 Å². The average molecular weight is 471 g/mol. The molecule has 1 unspecified atom stereocenters. The van der Waals surface area contributed by atoms with Crippen molar-refractivity contribution >= 4 is 29.0 Å². The van der Waals surface area contributed by atoms with E-state index in [2.05, 4.69) is 39.4 Å². The molecule has 0 saturated heterocycles. The van der Waals surface area contributed by atoms with E-state index in [4.69, 9.17) is 10.9 Å². The normalized spacial score (nSPS) is 10.8. The van der Waals surface area contributed by atoms with Gasteiger partial charge in [0.15, 0.2) is 0 Å². The molecule has 0 spiro atoms. The molecule has 0 aliphatic heterocycles. The minimum atomic E-state index is -0.795. The number of pyridine rings is 1. The minimum absolute atomic E-state index is 0.000497. The molecule has 1 heterocycles. The van der Waals surface area contributed by atoms with Crippen molar-refractivity contribution in [2.75, 3.05) is 23.7 Å². The SMILES string of the molecule is C=C(NC(CN)C(=O)NO)c1ccc(C#Cc2ccc(NC(=O)CNc3ccccn3)cc2)cc1. The van der Waals surface area contributed by atoms with Crippen LogP contribution < -0.4 is 27.2 Å². The molecule has 0 saturated carbocycles. The van der Waals surface area contributed by atoms with Crippen LogP contribution in [-0.2, 0) is 9.59 Å². The Balaban J connectivity index is 1.53. The van der Waals surface area contributed by atoms with Crippen molar-refractivity contribution in [1.29, 1.82) is 0 Å². The van der Waals surface area contributed by atoms with Gasteiger partial charge < -0.3 is 21.7 Å². The number of nitrogens with one attached hydrogen (secondary N) is 4. The van der Waals surface area contributed by atoms with Crippen LogP contribution in [0.2, 0.25) is 0 Å². The molecule has 2 aromatic carbocycles. The fraction of sp³-hybridized carbons (Fsp3) is 0.115. The molecule has 3 aromatic rings. The summed E-state index contributed by atoms with van der Waals surface area (Å²) in [6, 6.07) is 19.2. The Labute approximate surface area is 203 Å². The second-order valence-corrected chi connectivity index (χ2v) is 7.41. The van der Waals surface area contributed by atoms with Gasteiger partial charge in [-0.25, -0.2) is 10.5 Å². The number of aromatic nitrogens is 1. The van der Waals surface area contributed by atoms with Crippen LogP contribution in [-0.4, -0.2) is 41.1 Å². The van der Waals surface area contributed by atoms with Crippen LogP contribution in [0.4, 0.5) is 11.5 Å². The summed E-state index contributed by atoms with van der Waals surface area (Å²) >= 11 is 0. The Bertz CT molecular complexity index is 1220. The fourth-order valence-electron chi connectivity index (χ4n) is 2.98. The number of anilines is 2. The smallest absolute Gasteiger partial charge is 0.267 e. The van der Waals surface area contributed by atoms with Crippen molar-refractivity contribution in [2.45, 2.75) is 6.04 Å². The first-order valence-electron chi connectivity index (χ1n) is 10.7.